The molecule has 3 aliphatic rings. The molecule has 7 nitrogen and oxygen atoms in total. The van der Waals surface area contributed by atoms with Gasteiger partial charge in [-0.2, -0.15) is 18.3 Å². The third kappa shape index (κ3) is 4.13. The molecule has 1 aliphatic carbocycles. The van der Waals surface area contributed by atoms with E-state index in [0.717, 1.165) is 10.7 Å². The number of halogens is 6. The molecule has 1 spiro atoms. The second kappa shape index (κ2) is 8.53. The van der Waals surface area contributed by atoms with Crippen molar-refractivity contribution in [2.45, 2.75) is 50.5 Å². The van der Waals surface area contributed by atoms with Gasteiger partial charge in [-0.1, -0.05) is 6.07 Å². The third-order valence-corrected chi connectivity index (χ3v) is 6.79. The molecule has 0 saturated carbocycles. The summed E-state index contributed by atoms with van der Waals surface area (Å²) in [5.41, 5.74) is -0.272. The van der Waals surface area contributed by atoms with Gasteiger partial charge in [0.15, 0.2) is 17.2 Å². The van der Waals surface area contributed by atoms with Crippen LogP contribution in [0.1, 0.15) is 48.3 Å². The van der Waals surface area contributed by atoms with Gasteiger partial charge in [-0.05, 0) is 55.7 Å². The predicted molar refractivity (Wildman–Crippen MR) is 120 cm³/mol. The lowest BCUT2D eigenvalue weighted by atomic mass is 9.90. The monoisotopic (exact) mass is 541 g/mol. The van der Waals surface area contributed by atoms with Crippen molar-refractivity contribution in [1.29, 1.82) is 0 Å². The number of hydrogen-bond acceptors (Lipinski definition) is 6. The Morgan fingerprint density at radius 2 is 1.76 bits per heavy atom. The Kier molecular flexibility index (Phi) is 5.58. The highest BCUT2D eigenvalue weighted by Gasteiger charge is 2.50. The van der Waals surface area contributed by atoms with Gasteiger partial charge in [-0.25, -0.2) is 9.07 Å². The number of nitrogens with zero attached hydrogens (tertiary/aromatic N) is 2. The van der Waals surface area contributed by atoms with E-state index >= 15 is 0 Å². The molecule has 2 aromatic carbocycles. The van der Waals surface area contributed by atoms with Gasteiger partial charge >= 0.3 is 12.5 Å². The van der Waals surface area contributed by atoms with Crippen LogP contribution in [0.5, 0.6) is 11.5 Å². The molecule has 3 aromatic rings. The number of hydrogen-bond donors (Lipinski definition) is 1. The van der Waals surface area contributed by atoms with Crippen molar-refractivity contribution in [1.82, 2.24) is 9.78 Å². The molecule has 0 unspecified atom stereocenters. The molecular weight excluding hydrogens is 520 g/mol. The number of benzene rings is 2. The number of alkyl halides is 5. The van der Waals surface area contributed by atoms with E-state index in [-0.39, 0.29) is 53.8 Å². The summed E-state index contributed by atoms with van der Waals surface area (Å²) in [5, 5.41) is 6.84. The minimum atomic E-state index is -4.71. The van der Waals surface area contributed by atoms with E-state index in [4.69, 9.17) is 9.47 Å². The van der Waals surface area contributed by atoms with Crippen molar-refractivity contribution in [3.63, 3.8) is 0 Å². The van der Waals surface area contributed by atoms with Crippen LogP contribution in [0, 0.1) is 5.82 Å². The number of aromatic nitrogens is 2. The Bertz CT molecular complexity index is 1400. The van der Waals surface area contributed by atoms with Crippen LogP contribution in [0.3, 0.4) is 0 Å². The summed E-state index contributed by atoms with van der Waals surface area (Å²) in [7, 11) is 0. The lowest BCUT2D eigenvalue weighted by Gasteiger charge is -2.32. The van der Waals surface area contributed by atoms with Gasteiger partial charge in [0.2, 0.25) is 5.79 Å². The van der Waals surface area contributed by atoms with Gasteiger partial charge in [0, 0.05) is 18.0 Å². The summed E-state index contributed by atoms with van der Waals surface area (Å²) in [6, 6.07) is 7.32. The summed E-state index contributed by atoms with van der Waals surface area (Å²) in [6.07, 6.45) is -7.56. The highest BCUT2D eigenvalue weighted by Crippen LogP contribution is 2.47. The highest BCUT2D eigenvalue weighted by atomic mass is 19.4. The fraction of sp³-hybridized carbons (Fsp3) is 0.400. The minimum Gasteiger partial charge on any atom is -0.395 e. The van der Waals surface area contributed by atoms with E-state index in [1.54, 1.807) is 6.92 Å². The van der Waals surface area contributed by atoms with Crippen LogP contribution < -0.4 is 14.8 Å². The van der Waals surface area contributed by atoms with Crippen LogP contribution in [0.25, 0.3) is 5.69 Å². The van der Waals surface area contributed by atoms with Crippen LogP contribution >= 0.6 is 0 Å². The maximum Gasteiger partial charge on any atom is 0.586 e. The first-order chi connectivity index (χ1) is 18.0. The van der Waals surface area contributed by atoms with Crippen molar-refractivity contribution in [2.24, 2.45) is 0 Å². The van der Waals surface area contributed by atoms with Gasteiger partial charge in [0.05, 0.1) is 24.6 Å². The standard InChI is InChI=1S/C25H21F6N3O4/c1-13(14-4-7-19-20(11-14)38-25(30,31)37-19)32-18-12-15(5-6-17(18)26)34-22-16(21(33-34)24(27,28)29)3-2-8-23(22)35-9-10-36-23/h4-7,11-13,32H,2-3,8-10H2,1H3/t13-/m0/s1. The number of ether oxygens (including phenoxy) is 4. The fourth-order valence-corrected chi connectivity index (χ4v) is 5.15. The number of rotatable bonds is 4. The van der Waals surface area contributed by atoms with Gasteiger partial charge in [-0.15, -0.1) is 8.78 Å². The van der Waals surface area contributed by atoms with E-state index in [1.165, 1.54) is 30.3 Å². The van der Waals surface area contributed by atoms with Crippen molar-refractivity contribution in [3.05, 3.63) is 64.7 Å². The van der Waals surface area contributed by atoms with Gasteiger partial charge in [-0.3, -0.25) is 0 Å². The zero-order chi connectivity index (χ0) is 26.9. The summed E-state index contributed by atoms with van der Waals surface area (Å²) in [5.74, 6) is -2.34. The van der Waals surface area contributed by atoms with E-state index in [0.29, 0.717) is 18.4 Å². The van der Waals surface area contributed by atoms with Crippen LogP contribution in [0.2, 0.25) is 0 Å². The molecule has 1 aromatic heterocycles. The molecule has 0 bridgehead atoms. The average Bonchev–Trinajstić information content (AvgIpc) is 3.55. The van der Waals surface area contributed by atoms with Gasteiger partial charge < -0.3 is 24.3 Å². The topological polar surface area (TPSA) is 66.8 Å². The molecule has 1 N–H and O–H groups in total. The molecule has 6 rings (SSSR count). The summed E-state index contributed by atoms with van der Waals surface area (Å²) in [6.45, 7) is 2.11. The predicted octanol–water partition coefficient (Wildman–Crippen LogP) is 6.06. The Morgan fingerprint density at radius 3 is 2.50 bits per heavy atom. The Morgan fingerprint density at radius 1 is 1.03 bits per heavy atom. The fourth-order valence-electron chi connectivity index (χ4n) is 5.15. The molecule has 1 saturated heterocycles. The molecule has 1 fully saturated rings. The third-order valence-electron chi connectivity index (χ3n) is 6.79. The van der Waals surface area contributed by atoms with Crippen molar-refractivity contribution >= 4 is 5.69 Å². The normalized spacial score (nSPS) is 20.0. The average molecular weight is 541 g/mol. The van der Waals surface area contributed by atoms with Crippen molar-refractivity contribution in [3.8, 4) is 17.2 Å². The Labute approximate surface area is 212 Å². The van der Waals surface area contributed by atoms with E-state index in [1.807, 2.05) is 0 Å². The lowest BCUT2D eigenvalue weighted by Crippen LogP contribution is -2.34. The Hall–Kier alpha value is -3.45. The van der Waals surface area contributed by atoms with Crippen LogP contribution in [-0.2, 0) is 27.9 Å². The first-order valence-electron chi connectivity index (χ1n) is 11.9. The molecule has 0 radical (unpaired) electrons. The molecule has 1 atom stereocenters. The highest BCUT2D eigenvalue weighted by molar-refractivity contribution is 5.56. The number of anilines is 1. The second-order valence-corrected chi connectivity index (χ2v) is 9.29. The van der Waals surface area contributed by atoms with E-state index < -0.39 is 35.8 Å². The van der Waals surface area contributed by atoms with Gasteiger partial charge in [0.25, 0.3) is 0 Å². The molecular formula is C25H21F6N3O4. The maximum atomic E-state index is 14.8. The summed E-state index contributed by atoms with van der Waals surface area (Å²) < 4.78 is 105. The lowest BCUT2D eigenvalue weighted by molar-refractivity contribution is -0.286. The van der Waals surface area contributed by atoms with Crippen LogP contribution in [-0.4, -0.2) is 29.3 Å². The quantitative estimate of drug-likeness (QED) is 0.405. The number of nitrogens with one attached hydrogen (secondary N) is 1. The smallest absolute Gasteiger partial charge is 0.395 e. The van der Waals surface area contributed by atoms with Crippen LogP contribution in [0.4, 0.5) is 32.0 Å². The molecule has 38 heavy (non-hydrogen) atoms. The molecule has 13 heteroatoms. The van der Waals surface area contributed by atoms with E-state index in [9.17, 15) is 26.3 Å². The summed E-state index contributed by atoms with van der Waals surface area (Å²) >= 11 is 0. The molecule has 2 aliphatic heterocycles. The number of fused-ring (bicyclic) bond motifs is 3. The first kappa shape index (κ1) is 24.9. The largest absolute Gasteiger partial charge is 0.586 e. The summed E-state index contributed by atoms with van der Waals surface area (Å²) in [4.78, 5) is 0. The van der Waals surface area contributed by atoms with Crippen LogP contribution in [0.15, 0.2) is 36.4 Å². The maximum absolute atomic E-state index is 14.8. The minimum absolute atomic E-state index is 0.00462. The molecule has 202 valence electrons. The van der Waals surface area contributed by atoms with Crippen molar-refractivity contribution < 1.29 is 45.3 Å². The second-order valence-electron chi connectivity index (χ2n) is 9.29. The zero-order valence-corrected chi connectivity index (χ0v) is 19.9. The first-order valence-corrected chi connectivity index (χ1v) is 11.9. The zero-order valence-electron chi connectivity index (χ0n) is 19.9. The van der Waals surface area contributed by atoms with Crippen molar-refractivity contribution in [2.75, 3.05) is 18.5 Å². The SMILES string of the molecule is C[C@H](Nc1cc(-n2nc(C(F)(F)F)c3c2C2(CCC3)OCCO2)ccc1F)c1ccc2c(c1)OC(F)(F)O2. The molecule has 3 heterocycles. The Balaban J connectivity index is 1.37. The molecule has 0 amide bonds. The van der Waals surface area contributed by atoms with Gasteiger partial charge in [0.1, 0.15) is 11.5 Å². The van der Waals surface area contributed by atoms with E-state index in [2.05, 4.69) is 19.9 Å².